The van der Waals surface area contributed by atoms with Crippen LogP contribution in [0.1, 0.15) is 25.7 Å². The van der Waals surface area contributed by atoms with Gasteiger partial charge in [0.2, 0.25) is 11.8 Å². The van der Waals surface area contributed by atoms with E-state index in [0.717, 1.165) is 31.6 Å². The lowest BCUT2D eigenvalue weighted by molar-refractivity contribution is -0.126. The number of rotatable bonds is 5. The van der Waals surface area contributed by atoms with Gasteiger partial charge in [-0.1, -0.05) is 11.6 Å². The second-order valence-corrected chi connectivity index (χ2v) is 6.71. The Hall–Kier alpha value is -1.59. The first-order valence-corrected chi connectivity index (χ1v) is 8.58. The average Bonchev–Trinajstić information content (AvgIpc) is 3.18. The van der Waals surface area contributed by atoms with Gasteiger partial charge in [-0.15, -0.1) is 0 Å². The predicted octanol–water partition coefficient (Wildman–Crippen LogP) is 1.95. The van der Waals surface area contributed by atoms with E-state index >= 15 is 0 Å². The number of amides is 2. The molecule has 5 nitrogen and oxygen atoms in total. The van der Waals surface area contributed by atoms with E-state index in [0.29, 0.717) is 30.3 Å². The maximum atomic E-state index is 12.5. The molecule has 1 aromatic carbocycles. The Labute approximate surface area is 141 Å². The molecule has 6 heteroatoms. The summed E-state index contributed by atoms with van der Waals surface area (Å²) in [7, 11) is 0. The number of hydrogen-bond acceptors (Lipinski definition) is 3. The molecule has 2 aliphatic rings. The Balaban J connectivity index is 1.50. The van der Waals surface area contributed by atoms with Crippen molar-refractivity contribution in [2.24, 2.45) is 5.92 Å². The lowest BCUT2D eigenvalue weighted by Gasteiger charge is -2.17. The van der Waals surface area contributed by atoms with E-state index in [9.17, 15) is 9.59 Å². The van der Waals surface area contributed by atoms with Gasteiger partial charge in [0.05, 0.1) is 0 Å². The molecule has 0 radical (unpaired) electrons. The number of carbonyl (C=O) groups is 2. The number of benzene rings is 1. The van der Waals surface area contributed by atoms with Gasteiger partial charge in [0, 0.05) is 23.7 Å². The van der Waals surface area contributed by atoms with Crippen LogP contribution < -0.4 is 15.5 Å². The summed E-state index contributed by atoms with van der Waals surface area (Å²) in [4.78, 5) is 26.2. The van der Waals surface area contributed by atoms with Gasteiger partial charge < -0.3 is 15.5 Å². The summed E-state index contributed by atoms with van der Waals surface area (Å²) >= 11 is 5.88. The van der Waals surface area contributed by atoms with Crippen LogP contribution in [0.2, 0.25) is 5.02 Å². The molecule has 1 aromatic rings. The molecule has 2 unspecified atom stereocenters. The van der Waals surface area contributed by atoms with Crippen LogP contribution in [0.5, 0.6) is 0 Å². The summed E-state index contributed by atoms with van der Waals surface area (Å²) in [6.45, 7) is 2.67. The first kappa shape index (κ1) is 16.3. The predicted molar refractivity (Wildman–Crippen MR) is 90.6 cm³/mol. The van der Waals surface area contributed by atoms with Crippen molar-refractivity contribution >= 4 is 29.1 Å². The minimum atomic E-state index is -0.403. The van der Waals surface area contributed by atoms with Crippen LogP contribution in [0.3, 0.4) is 0 Å². The monoisotopic (exact) mass is 335 g/mol. The summed E-state index contributed by atoms with van der Waals surface area (Å²) < 4.78 is 0. The first-order chi connectivity index (χ1) is 11.1. The Kier molecular flexibility index (Phi) is 5.18. The summed E-state index contributed by atoms with van der Waals surface area (Å²) in [5.74, 6) is 0.530. The quantitative estimate of drug-likeness (QED) is 0.864. The number of anilines is 1. The standard InChI is InChI=1S/C17H22ClN3O2/c18-13-2-4-14(5-3-13)21-10-8-15(17(21)23)20-16(22)6-1-12-7-9-19-11-12/h2-5,12,15,19H,1,6-11H2,(H,20,22). The van der Waals surface area contributed by atoms with Gasteiger partial charge in [-0.2, -0.15) is 0 Å². The second-order valence-electron chi connectivity index (χ2n) is 6.27. The number of carbonyl (C=O) groups excluding carboxylic acids is 2. The zero-order chi connectivity index (χ0) is 16.2. The van der Waals surface area contributed by atoms with Crippen LogP contribution in [-0.2, 0) is 9.59 Å². The molecule has 2 aliphatic heterocycles. The minimum absolute atomic E-state index is 0.0202. The van der Waals surface area contributed by atoms with Crippen molar-refractivity contribution in [1.82, 2.24) is 10.6 Å². The van der Waals surface area contributed by atoms with Crippen LogP contribution in [0.15, 0.2) is 24.3 Å². The van der Waals surface area contributed by atoms with Gasteiger partial charge in [-0.3, -0.25) is 9.59 Å². The zero-order valence-electron chi connectivity index (χ0n) is 13.1. The summed E-state index contributed by atoms with van der Waals surface area (Å²) in [6, 6.07) is 6.80. The van der Waals surface area contributed by atoms with Crippen molar-refractivity contribution in [3.63, 3.8) is 0 Å². The fourth-order valence-corrected chi connectivity index (χ4v) is 3.38. The summed E-state index contributed by atoms with van der Waals surface area (Å²) in [5, 5.41) is 6.83. The third kappa shape index (κ3) is 4.03. The van der Waals surface area contributed by atoms with Crippen molar-refractivity contribution in [3.8, 4) is 0 Å². The third-order valence-electron chi connectivity index (χ3n) is 4.62. The molecular weight excluding hydrogens is 314 g/mol. The maximum absolute atomic E-state index is 12.5. The molecule has 0 aliphatic carbocycles. The zero-order valence-corrected chi connectivity index (χ0v) is 13.8. The highest BCUT2D eigenvalue weighted by atomic mass is 35.5. The molecule has 2 saturated heterocycles. The summed E-state index contributed by atoms with van der Waals surface area (Å²) in [5.41, 5.74) is 0.827. The molecule has 2 atom stereocenters. The highest BCUT2D eigenvalue weighted by Gasteiger charge is 2.33. The molecule has 124 valence electrons. The van der Waals surface area contributed by atoms with E-state index < -0.39 is 6.04 Å². The minimum Gasteiger partial charge on any atom is -0.344 e. The number of nitrogens with zero attached hydrogens (tertiary/aromatic N) is 1. The van der Waals surface area contributed by atoms with Crippen LogP contribution in [0, 0.1) is 5.92 Å². The molecule has 0 bridgehead atoms. The van der Waals surface area contributed by atoms with E-state index in [-0.39, 0.29) is 11.8 Å². The van der Waals surface area contributed by atoms with Crippen LogP contribution in [0.25, 0.3) is 0 Å². The van der Waals surface area contributed by atoms with Gasteiger partial charge in [0.1, 0.15) is 6.04 Å². The molecule has 2 fully saturated rings. The molecule has 0 aromatic heterocycles. The molecule has 23 heavy (non-hydrogen) atoms. The van der Waals surface area contributed by atoms with E-state index in [1.165, 1.54) is 0 Å². The first-order valence-electron chi connectivity index (χ1n) is 8.20. The molecule has 3 rings (SSSR count). The smallest absolute Gasteiger partial charge is 0.249 e. The fraction of sp³-hybridized carbons (Fsp3) is 0.529. The highest BCUT2D eigenvalue weighted by molar-refractivity contribution is 6.30. The van der Waals surface area contributed by atoms with Crippen LogP contribution in [-0.4, -0.2) is 37.5 Å². The SMILES string of the molecule is O=C(CCC1CCNC1)NC1CCN(c2ccc(Cl)cc2)C1=O. The van der Waals surface area contributed by atoms with Gasteiger partial charge in [0.15, 0.2) is 0 Å². The van der Waals surface area contributed by atoms with E-state index in [1.807, 2.05) is 12.1 Å². The highest BCUT2D eigenvalue weighted by Crippen LogP contribution is 2.23. The molecule has 0 spiro atoms. The van der Waals surface area contributed by atoms with Crippen molar-refractivity contribution < 1.29 is 9.59 Å². The van der Waals surface area contributed by atoms with Gasteiger partial charge in [-0.25, -0.2) is 0 Å². The van der Waals surface area contributed by atoms with Crippen molar-refractivity contribution in [2.75, 3.05) is 24.5 Å². The Morgan fingerprint density at radius 3 is 2.78 bits per heavy atom. The van der Waals surface area contributed by atoms with Gasteiger partial charge in [-0.05, 0) is 62.5 Å². The Morgan fingerprint density at radius 2 is 2.09 bits per heavy atom. The second kappa shape index (κ2) is 7.32. The number of hydrogen-bond donors (Lipinski definition) is 2. The Bertz CT molecular complexity index is 570. The average molecular weight is 336 g/mol. The van der Waals surface area contributed by atoms with E-state index in [1.54, 1.807) is 17.0 Å². The van der Waals surface area contributed by atoms with Crippen LogP contribution in [0.4, 0.5) is 5.69 Å². The fourth-order valence-electron chi connectivity index (χ4n) is 3.25. The van der Waals surface area contributed by atoms with E-state index in [2.05, 4.69) is 10.6 Å². The van der Waals surface area contributed by atoms with Crippen molar-refractivity contribution in [3.05, 3.63) is 29.3 Å². The van der Waals surface area contributed by atoms with E-state index in [4.69, 9.17) is 11.6 Å². The lowest BCUT2D eigenvalue weighted by atomic mass is 10.0. The number of halogens is 1. The third-order valence-corrected chi connectivity index (χ3v) is 4.87. The van der Waals surface area contributed by atoms with Crippen molar-refractivity contribution in [1.29, 1.82) is 0 Å². The topological polar surface area (TPSA) is 61.4 Å². The Morgan fingerprint density at radius 1 is 1.30 bits per heavy atom. The van der Waals surface area contributed by atoms with Gasteiger partial charge in [0.25, 0.3) is 0 Å². The van der Waals surface area contributed by atoms with Gasteiger partial charge >= 0.3 is 0 Å². The van der Waals surface area contributed by atoms with Crippen LogP contribution >= 0.6 is 11.6 Å². The molecule has 2 heterocycles. The molecule has 2 N–H and O–H groups in total. The molecule has 2 amide bonds. The normalized spacial score (nSPS) is 24.2. The number of nitrogens with one attached hydrogen (secondary N) is 2. The lowest BCUT2D eigenvalue weighted by Crippen LogP contribution is -2.41. The maximum Gasteiger partial charge on any atom is 0.249 e. The summed E-state index contributed by atoms with van der Waals surface area (Å²) in [6.07, 6.45) is 3.18. The van der Waals surface area contributed by atoms with Crippen molar-refractivity contribution in [2.45, 2.75) is 31.7 Å². The largest absolute Gasteiger partial charge is 0.344 e. The molecular formula is C17H22ClN3O2. The molecule has 0 saturated carbocycles.